The van der Waals surface area contributed by atoms with Gasteiger partial charge in [0.2, 0.25) is 0 Å². The van der Waals surface area contributed by atoms with Crippen molar-refractivity contribution in [3.63, 3.8) is 0 Å². The van der Waals surface area contributed by atoms with Crippen LogP contribution in [0.2, 0.25) is 0 Å². The van der Waals surface area contributed by atoms with Gasteiger partial charge in [0.25, 0.3) is 0 Å². The molecule has 0 aliphatic rings. The Morgan fingerprint density at radius 1 is 1.18 bits per heavy atom. The number of pyridine rings is 1. The SMILES string of the molecule is Cc1ccc(CNc2ccc(C=O)cn2)cc1. The summed E-state index contributed by atoms with van der Waals surface area (Å²) in [5.74, 6) is 0.774. The molecule has 2 aromatic rings. The average Bonchev–Trinajstić information content (AvgIpc) is 2.39. The van der Waals surface area contributed by atoms with E-state index in [2.05, 4.69) is 41.5 Å². The summed E-state index contributed by atoms with van der Waals surface area (Å²) in [7, 11) is 0. The second kappa shape index (κ2) is 5.25. The van der Waals surface area contributed by atoms with E-state index >= 15 is 0 Å². The first-order chi connectivity index (χ1) is 8.28. The van der Waals surface area contributed by atoms with Crippen LogP contribution in [0.25, 0.3) is 0 Å². The average molecular weight is 226 g/mol. The van der Waals surface area contributed by atoms with E-state index in [1.807, 2.05) is 0 Å². The summed E-state index contributed by atoms with van der Waals surface area (Å²) in [6.45, 7) is 2.80. The molecule has 1 aromatic carbocycles. The number of rotatable bonds is 4. The molecule has 0 saturated carbocycles. The van der Waals surface area contributed by atoms with E-state index in [9.17, 15) is 4.79 Å². The molecule has 3 nitrogen and oxygen atoms in total. The Labute approximate surface area is 101 Å². The highest BCUT2D eigenvalue weighted by molar-refractivity contribution is 5.74. The number of aldehydes is 1. The number of nitrogens with zero attached hydrogens (tertiary/aromatic N) is 1. The highest BCUT2D eigenvalue weighted by atomic mass is 16.1. The third-order valence-electron chi connectivity index (χ3n) is 2.52. The number of carbonyl (C=O) groups excluding carboxylic acids is 1. The van der Waals surface area contributed by atoms with Crippen LogP contribution in [0.4, 0.5) is 5.82 Å². The summed E-state index contributed by atoms with van der Waals surface area (Å²) >= 11 is 0. The van der Waals surface area contributed by atoms with Gasteiger partial charge in [0.15, 0.2) is 6.29 Å². The number of carbonyl (C=O) groups is 1. The van der Waals surface area contributed by atoms with Crippen LogP contribution in [0.15, 0.2) is 42.6 Å². The zero-order valence-electron chi connectivity index (χ0n) is 9.68. The predicted octanol–water partition coefficient (Wildman–Crippen LogP) is 2.81. The molecule has 0 spiro atoms. The first-order valence-corrected chi connectivity index (χ1v) is 5.48. The Hall–Kier alpha value is -2.16. The molecule has 1 N–H and O–H groups in total. The number of hydrogen-bond donors (Lipinski definition) is 1. The van der Waals surface area contributed by atoms with Gasteiger partial charge < -0.3 is 5.32 Å². The maximum atomic E-state index is 10.5. The molecule has 2 rings (SSSR count). The molecule has 86 valence electrons. The lowest BCUT2D eigenvalue weighted by Gasteiger charge is -2.05. The standard InChI is InChI=1S/C14H14N2O/c1-11-2-4-12(5-3-11)8-15-14-7-6-13(10-17)9-16-14/h2-7,9-10H,8H2,1H3,(H,15,16). The molecule has 0 unspecified atom stereocenters. The highest BCUT2D eigenvalue weighted by Gasteiger charge is 1.96. The molecule has 17 heavy (non-hydrogen) atoms. The largest absolute Gasteiger partial charge is 0.366 e. The van der Waals surface area contributed by atoms with Crippen LogP contribution >= 0.6 is 0 Å². The van der Waals surface area contributed by atoms with Crippen molar-refractivity contribution in [1.82, 2.24) is 4.98 Å². The third kappa shape index (κ3) is 3.14. The number of nitrogens with one attached hydrogen (secondary N) is 1. The maximum Gasteiger partial charge on any atom is 0.151 e. The minimum Gasteiger partial charge on any atom is -0.366 e. The Balaban J connectivity index is 1.97. The first kappa shape index (κ1) is 11.3. The molecular weight excluding hydrogens is 212 g/mol. The number of aromatic nitrogens is 1. The molecule has 1 aromatic heterocycles. The van der Waals surface area contributed by atoms with E-state index in [0.29, 0.717) is 5.56 Å². The van der Waals surface area contributed by atoms with Gasteiger partial charge in [-0.3, -0.25) is 4.79 Å². The lowest BCUT2D eigenvalue weighted by atomic mass is 10.1. The van der Waals surface area contributed by atoms with Crippen molar-refractivity contribution in [2.45, 2.75) is 13.5 Å². The van der Waals surface area contributed by atoms with E-state index < -0.39 is 0 Å². The molecule has 0 saturated heterocycles. The van der Waals surface area contributed by atoms with Crippen molar-refractivity contribution in [2.75, 3.05) is 5.32 Å². The van der Waals surface area contributed by atoms with Crippen molar-refractivity contribution in [3.05, 3.63) is 59.3 Å². The molecule has 0 radical (unpaired) electrons. The molecule has 0 aliphatic heterocycles. The molecule has 0 aliphatic carbocycles. The Morgan fingerprint density at radius 2 is 1.94 bits per heavy atom. The monoisotopic (exact) mass is 226 g/mol. The van der Waals surface area contributed by atoms with Crippen molar-refractivity contribution in [1.29, 1.82) is 0 Å². The fourth-order valence-electron chi connectivity index (χ4n) is 1.48. The van der Waals surface area contributed by atoms with E-state index in [4.69, 9.17) is 0 Å². The van der Waals surface area contributed by atoms with Gasteiger partial charge in [0, 0.05) is 18.3 Å². The Bertz CT molecular complexity index is 489. The molecule has 0 atom stereocenters. The topological polar surface area (TPSA) is 42.0 Å². The van der Waals surface area contributed by atoms with Gasteiger partial charge in [-0.15, -0.1) is 0 Å². The van der Waals surface area contributed by atoms with Gasteiger partial charge in [-0.1, -0.05) is 29.8 Å². The molecule has 3 heteroatoms. The highest BCUT2D eigenvalue weighted by Crippen LogP contribution is 2.07. The van der Waals surface area contributed by atoms with Crippen LogP contribution in [0.1, 0.15) is 21.5 Å². The van der Waals surface area contributed by atoms with Crippen LogP contribution in [0.3, 0.4) is 0 Å². The zero-order valence-corrected chi connectivity index (χ0v) is 9.68. The summed E-state index contributed by atoms with van der Waals surface area (Å²) in [5.41, 5.74) is 3.05. The molecular formula is C14H14N2O. The predicted molar refractivity (Wildman–Crippen MR) is 68.1 cm³/mol. The summed E-state index contributed by atoms with van der Waals surface area (Å²) in [5, 5.41) is 3.20. The van der Waals surface area contributed by atoms with E-state index in [1.165, 1.54) is 11.1 Å². The Morgan fingerprint density at radius 3 is 2.53 bits per heavy atom. The first-order valence-electron chi connectivity index (χ1n) is 5.48. The third-order valence-corrected chi connectivity index (χ3v) is 2.52. The van der Waals surface area contributed by atoms with E-state index in [-0.39, 0.29) is 0 Å². The number of anilines is 1. The Kier molecular flexibility index (Phi) is 3.50. The minimum atomic E-state index is 0.589. The summed E-state index contributed by atoms with van der Waals surface area (Å²) in [6, 6.07) is 11.9. The van der Waals surface area contributed by atoms with Crippen LogP contribution in [0.5, 0.6) is 0 Å². The summed E-state index contributed by atoms with van der Waals surface area (Å²) in [4.78, 5) is 14.6. The fraction of sp³-hybridized carbons (Fsp3) is 0.143. The van der Waals surface area contributed by atoms with Gasteiger partial charge in [-0.25, -0.2) is 4.98 Å². The lowest BCUT2D eigenvalue weighted by molar-refractivity contribution is 0.112. The van der Waals surface area contributed by atoms with Gasteiger partial charge in [0.1, 0.15) is 5.82 Å². The van der Waals surface area contributed by atoms with E-state index in [0.717, 1.165) is 18.6 Å². The normalized spacial score (nSPS) is 9.94. The molecule has 0 fully saturated rings. The van der Waals surface area contributed by atoms with Gasteiger partial charge >= 0.3 is 0 Å². The van der Waals surface area contributed by atoms with Gasteiger partial charge in [-0.2, -0.15) is 0 Å². The van der Waals surface area contributed by atoms with Crippen LogP contribution < -0.4 is 5.32 Å². The summed E-state index contributed by atoms with van der Waals surface area (Å²) in [6.07, 6.45) is 2.35. The number of hydrogen-bond acceptors (Lipinski definition) is 3. The number of aryl methyl sites for hydroxylation is 1. The van der Waals surface area contributed by atoms with Crippen LogP contribution in [-0.2, 0) is 6.54 Å². The summed E-state index contributed by atoms with van der Waals surface area (Å²) < 4.78 is 0. The smallest absolute Gasteiger partial charge is 0.151 e. The minimum absolute atomic E-state index is 0.589. The van der Waals surface area contributed by atoms with Crippen LogP contribution in [-0.4, -0.2) is 11.3 Å². The zero-order chi connectivity index (χ0) is 12.1. The molecule has 1 heterocycles. The van der Waals surface area contributed by atoms with Gasteiger partial charge in [0.05, 0.1) is 0 Å². The van der Waals surface area contributed by atoms with Gasteiger partial charge in [-0.05, 0) is 24.6 Å². The second-order valence-electron chi connectivity index (χ2n) is 3.93. The van der Waals surface area contributed by atoms with Crippen molar-refractivity contribution < 1.29 is 4.79 Å². The molecule has 0 amide bonds. The lowest BCUT2D eigenvalue weighted by Crippen LogP contribution is -2.01. The number of benzene rings is 1. The second-order valence-corrected chi connectivity index (χ2v) is 3.93. The van der Waals surface area contributed by atoms with Crippen molar-refractivity contribution in [2.24, 2.45) is 0 Å². The quantitative estimate of drug-likeness (QED) is 0.815. The van der Waals surface area contributed by atoms with Crippen molar-refractivity contribution in [3.8, 4) is 0 Å². The fourth-order valence-corrected chi connectivity index (χ4v) is 1.48. The van der Waals surface area contributed by atoms with Crippen LogP contribution in [0, 0.1) is 6.92 Å². The van der Waals surface area contributed by atoms with E-state index in [1.54, 1.807) is 18.3 Å². The van der Waals surface area contributed by atoms with Crippen molar-refractivity contribution >= 4 is 12.1 Å². The maximum absolute atomic E-state index is 10.5. The molecule has 0 bridgehead atoms.